The molecule has 0 aliphatic carbocycles. The zero-order valence-corrected chi connectivity index (χ0v) is 35.1. The van der Waals surface area contributed by atoms with Gasteiger partial charge in [0.2, 0.25) is 6.41 Å². The first-order valence-electron chi connectivity index (χ1n) is 20.0. The molecule has 0 spiro atoms. The first kappa shape index (κ1) is 41.2. The predicted octanol–water partition coefficient (Wildman–Crippen LogP) is 9.19. The van der Waals surface area contributed by atoms with Crippen LogP contribution in [0.1, 0.15) is 44.8 Å². The summed E-state index contributed by atoms with van der Waals surface area (Å²) in [4.78, 5) is 26.1. The lowest BCUT2D eigenvalue weighted by atomic mass is 9.75. The Balaban J connectivity index is 0.00000514. The molecule has 1 fully saturated rings. The zero-order valence-electron chi connectivity index (χ0n) is 34.3. The van der Waals surface area contributed by atoms with E-state index in [1.165, 1.54) is 12.1 Å². The Hall–Kier alpha value is -6.56. The molecule has 1 saturated heterocycles. The Morgan fingerprint density at radius 2 is 1.15 bits per heavy atom. The number of rotatable bonds is 11. The minimum atomic E-state index is -1.27. The molecule has 0 atom stereocenters. The Morgan fingerprint density at radius 3 is 1.57 bits per heavy atom. The molecule has 310 valence electrons. The maximum absolute atomic E-state index is 15.5. The number of nitrogens with zero attached hydrogens (tertiary/aromatic N) is 5. The summed E-state index contributed by atoms with van der Waals surface area (Å²) in [5, 5.41) is 5.21. The van der Waals surface area contributed by atoms with Gasteiger partial charge in [-0.05, 0) is 84.6 Å². The number of para-hydroxylation sites is 2. The van der Waals surface area contributed by atoms with Gasteiger partial charge < -0.3 is 19.7 Å². The maximum Gasteiger partial charge on any atom is 0.210 e. The highest BCUT2D eigenvalue weighted by molar-refractivity contribution is 5.93. The van der Waals surface area contributed by atoms with Crippen molar-refractivity contribution >= 4 is 40.9 Å². The third kappa shape index (κ3) is 6.87. The van der Waals surface area contributed by atoms with Crippen LogP contribution < -0.4 is 14.8 Å². The number of benzene rings is 4. The summed E-state index contributed by atoms with van der Waals surface area (Å²) in [5.74, 6) is 0.447. The van der Waals surface area contributed by atoms with Gasteiger partial charge in [-0.25, -0.2) is 18.7 Å². The highest BCUT2D eigenvalue weighted by Gasteiger charge is 2.50. The Labute approximate surface area is 359 Å². The van der Waals surface area contributed by atoms with Crippen LogP contribution in [-0.2, 0) is 23.2 Å². The molecule has 12 heteroatoms. The number of fused-ring (bicyclic) bond motifs is 2. The zero-order chi connectivity index (χ0) is 41.5. The van der Waals surface area contributed by atoms with Gasteiger partial charge >= 0.3 is 0 Å². The van der Waals surface area contributed by atoms with E-state index in [1.54, 1.807) is 52.6 Å². The summed E-state index contributed by atoms with van der Waals surface area (Å²) in [6, 6.07) is 34.2. The second-order valence-corrected chi connectivity index (χ2v) is 15.2. The average molecular weight is 839 g/mol. The van der Waals surface area contributed by atoms with E-state index in [1.807, 2.05) is 89.8 Å². The second-order valence-electron chi connectivity index (χ2n) is 15.2. The number of ether oxygens (including phenoxy) is 2. The largest absolute Gasteiger partial charge is 0.495 e. The van der Waals surface area contributed by atoms with Gasteiger partial charge in [0, 0.05) is 77.1 Å². The van der Waals surface area contributed by atoms with Gasteiger partial charge in [-0.1, -0.05) is 60.7 Å². The van der Waals surface area contributed by atoms with Crippen LogP contribution in [0.3, 0.4) is 0 Å². The molecule has 9 nitrogen and oxygen atoms in total. The lowest BCUT2D eigenvalue weighted by Crippen LogP contribution is -2.59. The van der Waals surface area contributed by atoms with Crippen molar-refractivity contribution in [2.45, 2.75) is 32.2 Å². The van der Waals surface area contributed by atoms with Crippen LogP contribution in [0.15, 0.2) is 122 Å². The van der Waals surface area contributed by atoms with E-state index in [-0.39, 0.29) is 43.4 Å². The second kappa shape index (κ2) is 16.8. The molecular weight excluding hydrogens is 794 g/mol. The van der Waals surface area contributed by atoms with E-state index in [9.17, 15) is 4.79 Å². The summed E-state index contributed by atoms with van der Waals surface area (Å²) in [6.45, 7) is 4.76. The molecule has 4 aromatic carbocycles. The van der Waals surface area contributed by atoms with Crippen LogP contribution in [0.25, 0.3) is 33.4 Å². The monoisotopic (exact) mass is 838 g/mol. The summed E-state index contributed by atoms with van der Waals surface area (Å²) in [6.07, 6.45) is 4.89. The van der Waals surface area contributed by atoms with Crippen molar-refractivity contribution in [3.05, 3.63) is 178 Å². The molecular formula is C49H45ClF2N6O3. The normalized spacial score (nSPS) is 13.6. The molecule has 0 radical (unpaired) electrons. The number of methoxy groups -OCH3 is 2. The molecule has 1 aliphatic rings. The number of amides is 1. The highest BCUT2D eigenvalue weighted by atomic mass is 35.5. The van der Waals surface area contributed by atoms with Crippen LogP contribution in [0.5, 0.6) is 11.5 Å². The third-order valence-electron chi connectivity index (χ3n) is 12.1. The predicted molar refractivity (Wildman–Crippen MR) is 237 cm³/mol. The fourth-order valence-corrected chi connectivity index (χ4v) is 9.12. The molecule has 0 unspecified atom stereocenters. The minimum absolute atomic E-state index is 0. The fourth-order valence-electron chi connectivity index (χ4n) is 9.12. The number of carbonyl (C=O) groups excluding carboxylic acids is 1. The number of aromatic nitrogens is 4. The molecule has 5 heterocycles. The first-order chi connectivity index (χ1) is 29.3. The quantitative estimate of drug-likeness (QED) is 0.131. The van der Waals surface area contributed by atoms with Crippen molar-refractivity contribution in [1.82, 2.24) is 29.3 Å². The lowest BCUT2D eigenvalue weighted by molar-refractivity contribution is -0.124. The number of halogens is 3. The minimum Gasteiger partial charge on any atom is -0.495 e. The molecule has 9 rings (SSSR count). The van der Waals surface area contributed by atoms with E-state index in [4.69, 9.17) is 19.4 Å². The van der Waals surface area contributed by atoms with Crippen LogP contribution in [0.4, 0.5) is 8.78 Å². The highest BCUT2D eigenvalue weighted by Crippen LogP contribution is 2.50. The van der Waals surface area contributed by atoms with Crippen molar-refractivity contribution in [3.8, 4) is 22.9 Å². The molecule has 0 saturated carbocycles. The Morgan fingerprint density at radius 1 is 0.689 bits per heavy atom. The number of hydrogen-bond acceptors (Lipinski definition) is 6. The molecule has 1 N–H and O–H groups in total. The van der Waals surface area contributed by atoms with E-state index in [2.05, 4.69) is 14.5 Å². The topological polar surface area (TPSA) is 86.4 Å². The van der Waals surface area contributed by atoms with E-state index < -0.39 is 5.54 Å². The Bertz CT molecular complexity index is 2720. The number of piperazine rings is 1. The summed E-state index contributed by atoms with van der Waals surface area (Å²) < 4.78 is 47.0. The van der Waals surface area contributed by atoms with Gasteiger partial charge in [0.15, 0.2) is 0 Å². The van der Waals surface area contributed by atoms with Crippen molar-refractivity contribution in [1.29, 1.82) is 0 Å². The van der Waals surface area contributed by atoms with Gasteiger partial charge in [-0.2, -0.15) is 0 Å². The standard InChI is InChI=1S/C49H44F2N6O3.ClH/c1-31-33(13-11-19-41(31)50)23-43-45(39-25-37(59-3)27-53-47(39)56(43)35-15-7-5-8-16-35)49(29-52-21-22-55(49)30-58)46-40-26-38(60-4)28-54-48(40)57(36-17-9-6-10-18-36)44(46)24-34-14-12-20-42(51)32(34)2;/h5-20,25-28,30,52H,21-24,29H2,1-4H3;1H. The first-order valence-corrected chi connectivity index (χ1v) is 20.0. The van der Waals surface area contributed by atoms with Crippen molar-refractivity contribution in [2.24, 2.45) is 0 Å². The van der Waals surface area contributed by atoms with Crippen molar-refractivity contribution in [3.63, 3.8) is 0 Å². The van der Waals surface area contributed by atoms with Crippen LogP contribution in [0, 0.1) is 25.5 Å². The number of pyridine rings is 2. The molecule has 4 aromatic heterocycles. The number of nitrogens with one attached hydrogen (secondary N) is 1. The molecule has 1 aliphatic heterocycles. The van der Waals surface area contributed by atoms with Crippen LogP contribution in [-0.4, -0.2) is 64.3 Å². The van der Waals surface area contributed by atoms with Gasteiger partial charge in [-0.3, -0.25) is 13.9 Å². The summed E-state index contributed by atoms with van der Waals surface area (Å²) >= 11 is 0. The van der Waals surface area contributed by atoms with Gasteiger partial charge in [0.1, 0.15) is 40.0 Å². The van der Waals surface area contributed by atoms with E-state index in [0.717, 1.165) is 62.2 Å². The van der Waals surface area contributed by atoms with Crippen molar-refractivity contribution < 1.29 is 23.0 Å². The van der Waals surface area contributed by atoms with Crippen molar-refractivity contribution in [2.75, 3.05) is 33.9 Å². The fraction of sp³-hybridized carbons (Fsp3) is 0.204. The summed E-state index contributed by atoms with van der Waals surface area (Å²) in [7, 11) is 3.21. The van der Waals surface area contributed by atoms with Gasteiger partial charge in [-0.15, -0.1) is 12.4 Å². The maximum atomic E-state index is 15.5. The van der Waals surface area contributed by atoms with E-state index >= 15 is 8.78 Å². The third-order valence-corrected chi connectivity index (χ3v) is 12.1. The van der Waals surface area contributed by atoms with E-state index in [0.29, 0.717) is 47.0 Å². The van der Waals surface area contributed by atoms with Gasteiger partial charge in [0.05, 0.1) is 26.6 Å². The summed E-state index contributed by atoms with van der Waals surface area (Å²) in [5.41, 5.74) is 7.53. The van der Waals surface area contributed by atoms with Crippen LogP contribution in [0.2, 0.25) is 0 Å². The average Bonchev–Trinajstić information content (AvgIpc) is 3.78. The van der Waals surface area contributed by atoms with Crippen LogP contribution >= 0.6 is 12.4 Å². The molecule has 8 aromatic rings. The Kier molecular flexibility index (Phi) is 11.4. The smallest absolute Gasteiger partial charge is 0.210 e. The van der Waals surface area contributed by atoms with Gasteiger partial charge in [0.25, 0.3) is 0 Å². The molecule has 0 bridgehead atoms. The SMILES string of the molecule is COc1cnc2c(c1)c(C1(c3c(Cc4cccc(F)c4C)n(-c4ccccc4)c4ncc(OC)cc34)CNCCN1C=O)c(Cc1cccc(F)c1C)n2-c1ccccc1.Cl. The number of carbonyl (C=O) groups is 1. The lowest BCUT2D eigenvalue weighted by Gasteiger charge is -2.47. The molecule has 61 heavy (non-hydrogen) atoms. The molecule has 1 amide bonds. The number of hydrogen-bond donors (Lipinski definition) is 1.